The van der Waals surface area contributed by atoms with Gasteiger partial charge in [0.05, 0.1) is 15.6 Å². The van der Waals surface area contributed by atoms with Gasteiger partial charge in [-0.3, -0.25) is 14.5 Å². The van der Waals surface area contributed by atoms with Crippen molar-refractivity contribution >= 4 is 35.0 Å². The SMILES string of the molecule is CN(C)C(=O)C1(N2CCCCC2CCC(CN(C)C(=O)c2cc(F)ccc2F)c2ccc(Cl)c(Cl)c2)CCNCC1. The fourth-order valence-corrected chi connectivity index (χ4v) is 6.85. The molecule has 2 aromatic carbocycles. The topological polar surface area (TPSA) is 55.9 Å². The molecule has 2 unspecified atom stereocenters. The monoisotopic (exact) mass is 608 g/mol. The van der Waals surface area contributed by atoms with E-state index in [1.165, 1.54) is 4.90 Å². The van der Waals surface area contributed by atoms with E-state index >= 15 is 0 Å². The van der Waals surface area contributed by atoms with Gasteiger partial charge in [0.25, 0.3) is 5.91 Å². The van der Waals surface area contributed by atoms with E-state index in [4.69, 9.17) is 23.2 Å². The van der Waals surface area contributed by atoms with Gasteiger partial charge in [0, 0.05) is 39.6 Å². The number of piperidine rings is 2. The molecule has 2 fully saturated rings. The molecule has 0 aromatic heterocycles. The smallest absolute Gasteiger partial charge is 0.256 e. The van der Waals surface area contributed by atoms with E-state index in [2.05, 4.69) is 10.2 Å². The molecule has 2 aromatic rings. The first-order chi connectivity index (χ1) is 19.5. The Morgan fingerprint density at radius 2 is 1.78 bits per heavy atom. The average molecular weight is 610 g/mol. The predicted octanol–water partition coefficient (Wildman–Crippen LogP) is 5.97. The van der Waals surface area contributed by atoms with Crippen LogP contribution in [0.4, 0.5) is 8.78 Å². The Kier molecular flexibility index (Phi) is 10.7. The third-order valence-corrected chi connectivity index (χ3v) is 9.41. The van der Waals surface area contributed by atoms with Crippen LogP contribution in [0.25, 0.3) is 0 Å². The van der Waals surface area contributed by atoms with Crippen molar-refractivity contribution in [3.63, 3.8) is 0 Å². The Morgan fingerprint density at radius 1 is 1.05 bits per heavy atom. The molecule has 2 heterocycles. The molecule has 10 heteroatoms. The van der Waals surface area contributed by atoms with Crippen molar-refractivity contribution in [1.29, 1.82) is 0 Å². The van der Waals surface area contributed by atoms with Gasteiger partial charge in [0.2, 0.25) is 5.91 Å². The van der Waals surface area contributed by atoms with E-state index in [1.807, 2.05) is 26.2 Å². The van der Waals surface area contributed by atoms with Crippen LogP contribution in [0.2, 0.25) is 10.0 Å². The molecule has 41 heavy (non-hydrogen) atoms. The van der Waals surface area contributed by atoms with Gasteiger partial charge >= 0.3 is 0 Å². The normalized spacial score (nSPS) is 19.9. The molecule has 0 bridgehead atoms. The van der Waals surface area contributed by atoms with Crippen LogP contribution in [0.3, 0.4) is 0 Å². The minimum Gasteiger partial charge on any atom is -0.347 e. The number of carbonyl (C=O) groups excluding carboxylic acids is 2. The molecule has 6 nitrogen and oxygen atoms in total. The van der Waals surface area contributed by atoms with Crippen LogP contribution in [0, 0.1) is 11.6 Å². The predicted molar refractivity (Wildman–Crippen MR) is 160 cm³/mol. The van der Waals surface area contributed by atoms with Gasteiger partial charge in [-0.2, -0.15) is 0 Å². The lowest BCUT2D eigenvalue weighted by atomic mass is 9.80. The van der Waals surface area contributed by atoms with Gasteiger partial charge in [-0.15, -0.1) is 0 Å². The van der Waals surface area contributed by atoms with Gasteiger partial charge in [-0.1, -0.05) is 35.7 Å². The number of likely N-dealkylation sites (N-methyl/N-ethyl adjacent to an activating group) is 2. The summed E-state index contributed by atoms with van der Waals surface area (Å²) in [6, 6.07) is 8.57. The first-order valence-corrected chi connectivity index (χ1v) is 15.1. The first kappa shape index (κ1) is 31.7. The highest BCUT2D eigenvalue weighted by atomic mass is 35.5. The highest BCUT2D eigenvalue weighted by molar-refractivity contribution is 6.42. The summed E-state index contributed by atoms with van der Waals surface area (Å²) in [5, 5.41) is 4.27. The standard InChI is InChI=1S/C31H40Cl2F2N4O2/c1-37(2)30(41)31(13-15-36-16-14-31)39-17-5-4-6-24(39)10-7-22(21-8-11-26(32)27(33)18-21)20-38(3)29(40)25-19-23(34)9-12-28(25)35/h8-9,11-12,18-19,22,24,36H,4-7,10,13-17,20H2,1-3H3. The molecule has 2 atom stereocenters. The lowest BCUT2D eigenvalue weighted by Crippen LogP contribution is -2.66. The Hall–Kier alpha value is -2.26. The van der Waals surface area contributed by atoms with Crippen LogP contribution < -0.4 is 5.32 Å². The van der Waals surface area contributed by atoms with Gasteiger partial charge in [0.15, 0.2) is 0 Å². The van der Waals surface area contributed by atoms with E-state index in [-0.39, 0.29) is 30.0 Å². The Labute approximate surface area is 252 Å². The second kappa shape index (κ2) is 13.8. The summed E-state index contributed by atoms with van der Waals surface area (Å²) in [6.07, 6.45) is 6.22. The second-order valence-electron chi connectivity index (χ2n) is 11.6. The average Bonchev–Trinajstić information content (AvgIpc) is 2.97. The Bertz CT molecular complexity index is 1240. The summed E-state index contributed by atoms with van der Waals surface area (Å²) < 4.78 is 28.3. The molecule has 4 rings (SSSR count). The minimum atomic E-state index is -0.759. The summed E-state index contributed by atoms with van der Waals surface area (Å²) in [7, 11) is 5.27. The lowest BCUT2D eigenvalue weighted by molar-refractivity contribution is -0.148. The number of rotatable bonds is 9. The molecule has 2 amide bonds. The zero-order valence-corrected chi connectivity index (χ0v) is 25.6. The maximum Gasteiger partial charge on any atom is 0.256 e. The van der Waals surface area contributed by atoms with E-state index in [1.54, 1.807) is 18.0 Å². The van der Waals surface area contributed by atoms with Crippen LogP contribution in [-0.2, 0) is 4.79 Å². The second-order valence-corrected chi connectivity index (χ2v) is 12.4. The molecule has 2 aliphatic rings. The molecule has 2 saturated heterocycles. The molecule has 0 spiro atoms. The van der Waals surface area contributed by atoms with Crippen molar-refractivity contribution in [2.75, 3.05) is 47.3 Å². The summed E-state index contributed by atoms with van der Waals surface area (Å²) in [4.78, 5) is 32.4. The molecule has 0 saturated carbocycles. The number of nitrogens with one attached hydrogen (secondary N) is 1. The van der Waals surface area contributed by atoms with Crippen molar-refractivity contribution in [3.8, 4) is 0 Å². The third kappa shape index (κ3) is 7.22. The fourth-order valence-electron chi connectivity index (χ4n) is 6.55. The maximum absolute atomic E-state index is 14.4. The lowest BCUT2D eigenvalue weighted by Gasteiger charge is -2.51. The number of likely N-dealkylation sites (tertiary alicyclic amines) is 1. The van der Waals surface area contributed by atoms with Gasteiger partial charge in [-0.25, -0.2) is 8.78 Å². The van der Waals surface area contributed by atoms with Crippen molar-refractivity contribution in [2.24, 2.45) is 0 Å². The molecule has 0 radical (unpaired) electrons. The number of benzene rings is 2. The summed E-state index contributed by atoms with van der Waals surface area (Å²) >= 11 is 12.6. The van der Waals surface area contributed by atoms with Crippen LogP contribution in [0.5, 0.6) is 0 Å². The van der Waals surface area contributed by atoms with Crippen LogP contribution in [0.1, 0.15) is 66.8 Å². The minimum absolute atomic E-state index is 0.132. The highest BCUT2D eigenvalue weighted by Crippen LogP contribution is 2.38. The van der Waals surface area contributed by atoms with E-state index in [0.717, 1.165) is 81.9 Å². The largest absolute Gasteiger partial charge is 0.347 e. The number of hydrogen-bond donors (Lipinski definition) is 1. The maximum atomic E-state index is 14.4. The van der Waals surface area contributed by atoms with Crippen LogP contribution in [-0.4, -0.2) is 85.4 Å². The molecule has 1 N–H and O–H groups in total. The zero-order chi connectivity index (χ0) is 29.7. The zero-order valence-electron chi connectivity index (χ0n) is 24.1. The van der Waals surface area contributed by atoms with Crippen LogP contribution >= 0.6 is 23.2 Å². The van der Waals surface area contributed by atoms with E-state index in [9.17, 15) is 18.4 Å². The Balaban J connectivity index is 1.58. The summed E-state index contributed by atoms with van der Waals surface area (Å²) in [6.45, 7) is 2.76. The van der Waals surface area contributed by atoms with Crippen molar-refractivity contribution in [2.45, 2.75) is 62.4 Å². The molecular weight excluding hydrogens is 569 g/mol. The van der Waals surface area contributed by atoms with Gasteiger partial charge in [0.1, 0.15) is 17.2 Å². The number of halogens is 4. The van der Waals surface area contributed by atoms with E-state index < -0.39 is 23.1 Å². The van der Waals surface area contributed by atoms with Gasteiger partial charge < -0.3 is 15.1 Å². The third-order valence-electron chi connectivity index (χ3n) is 8.68. The number of hydrogen-bond acceptors (Lipinski definition) is 4. The molecular formula is C31H40Cl2F2N4O2. The number of carbonyl (C=O) groups is 2. The Morgan fingerprint density at radius 3 is 2.46 bits per heavy atom. The van der Waals surface area contributed by atoms with E-state index in [0.29, 0.717) is 16.5 Å². The summed E-state index contributed by atoms with van der Waals surface area (Å²) in [5.74, 6) is -1.98. The van der Waals surface area contributed by atoms with Crippen LogP contribution in [0.15, 0.2) is 36.4 Å². The molecule has 0 aliphatic carbocycles. The molecule has 224 valence electrons. The van der Waals surface area contributed by atoms with Crippen molar-refractivity contribution < 1.29 is 18.4 Å². The van der Waals surface area contributed by atoms with Crippen molar-refractivity contribution in [3.05, 3.63) is 69.2 Å². The highest BCUT2D eigenvalue weighted by Gasteiger charge is 2.48. The quantitative estimate of drug-likeness (QED) is 0.381. The first-order valence-electron chi connectivity index (χ1n) is 14.4. The van der Waals surface area contributed by atoms with Gasteiger partial charge in [-0.05, 0) is 94.1 Å². The number of amides is 2. The fraction of sp³-hybridized carbons (Fsp3) is 0.548. The van der Waals surface area contributed by atoms with Crippen molar-refractivity contribution in [1.82, 2.24) is 20.0 Å². The molecule has 2 aliphatic heterocycles. The number of nitrogens with zero attached hydrogens (tertiary/aromatic N) is 3. The summed E-state index contributed by atoms with van der Waals surface area (Å²) in [5.41, 5.74) is 0.0941.